The fourth-order valence-corrected chi connectivity index (χ4v) is 2.54. The lowest BCUT2D eigenvalue weighted by atomic mass is 10.0. The van der Waals surface area contributed by atoms with E-state index in [1.165, 1.54) is 4.90 Å². The highest BCUT2D eigenvalue weighted by atomic mass is 19.4. The van der Waals surface area contributed by atoms with Crippen molar-refractivity contribution in [1.29, 1.82) is 0 Å². The Kier molecular flexibility index (Phi) is 5.77. The zero-order valence-electron chi connectivity index (χ0n) is 14.8. The molecule has 2 amide bonds. The summed E-state index contributed by atoms with van der Waals surface area (Å²) in [6.07, 6.45) is -3.16. The number of carbonyl (C=O) groups is 2. The van der Waals surface area contributed by atoms with Gasteiger partial charge in [-0.3, -0.25) is 14.8 Å². The molecule has 0 saturated carbocycles. The Hall–Kier alpha value is -2.33. The summed E-state index contributed by atoms with van der Waals surface area (Å²) in [6.45, 7) is 5.33. The third-order valence-corrected chi connectivity index (χ3v) is 3.65. The number of hydrogen-bond acceptors (Lipinski definition) is 5. The second-order valence-corrected chi connectivity index (χ2v) is 7.01. The molecule has 0 radical (unpaired) electrons. The first-order chi connectivity index (χ1) is 12.0. The van der Waals surface area contributed by atoms with E-state index in [9.17, 15) is 22.8 Å². The van der Waals surface area contributed by atoms with Crippen molar-refractivity contribution in [2.75, 3.05) is 6.54 Å². The van der Waals surface area contributed by atoms with Crippen LogP contribution in [0.2, 0.25) is 0 Å². The van der Waals surface area contributed by atoms with Crippen LogP contribution in [0.1, 0.15) is 57.7 Å². The van der Waals surface area contributed by atoms with Crippen molar-refractivity contribution in [3.8, 4) is 0 Å². The van der Waals surface area contributed by atoms with Gasteiger partial charge in [0.15, 0.2) is 5.82 Å². The van der Waals surface area contributed by atoms with Gasteiger partial charge in [-0.2, -0.15) is 18.3 Å². The normalized spacial score (nSPS) is 18.5. The van der Waals surface area contributed by atoms with Gasteiger partial charge in [-0.25, -0.2) is 9.78 Å². The van der Waals surface area contributed by atoms with E-state index in [4.69, 9.17) is 4.74 Å². The molecule has 0 aliphatic carbocycles. The van der Waals surface area contributed by atoms with E-state index in [0.29, 0.717) is 13.0 Å². The quantitative estimate of drug-likeness (QED) is 0.843. The molecule has 1 atom stereocenters. The van der Waals surface area contributed by atoms with Crippen LogP contribution in [0.25, 0.3) is 0 Å². The highest BCUT2D eigenvalue weighted by Gasteiger charge is 2.38. The molecule has 1 fully saturated rings. The molecule has 1 aliphatic heterocycles. The SMILES string of the molecule is CC(C)(C)OC(=O)N1CCCCC1c1n[nH]c(CNC(=O)C(F)(F)F)n1. The summed E-state index contributed by atoms with van der Waals surface area (Å²) in [6, 6.07) is -0.429. The number of nitrogens with zero attached hydrogens (tertiary/aromatic N) is 3. The van der Waals surface area contributed by atoms with E-state index in [1.54, 1.807) is 26.1 Å². The molecule has 11 heteroatoms. The molecule has 2 rings (SSSR count). The lowest BCUT2D eigenvalue weighted by molar-refractivity contribution is -0.173. The predicted molar refractivity (Wildman–Crippen MR) is 83.8 cm³/mol. The molecule has 1 aromatic heterocycles. The van der Waals surface area contributed by atoms with Crippen LogP contribution in [0, 0.1) is 0 Å². The smallest absolute Gasteiger partial charge is 0.444 e. The van der Waals surface area contributed by atoms with Crippen molar-refractivity contribution in [3.05, 3.63) is 11.6 Å². The van der Waals surface area contributed by atoms with E-state index in [2.05, 4.69) is 15.2 Å². The van der Waals surface area contributed by atoms with Gasteiger partial charge in [-0.15, -0.1) is 0 Å². The number of amides is 2. The summed E-state index contributed by atoms with van der Waals surface area (Å²) in [7, 11) is 0. The molecule has 0 bridgehead atoms. The van der Waals surface area contributed by atoms with Crippen LogP contribution in [-0.2, 0) is 16.1 Å². The second-order valence-electron chi connectivity index (χ2n) is 7.01. The molecule has 2 heterocycles. The Morgan fingerprint density at radius 3 is 2.62 bits per heavy atom. The van der Waals surface area contributed by atoms with E-state index in [0.717, 1.165) is 12.8 Å². The first-order valence-electron chi connectivity index (χ1n) is 8.23. The van der Waals surface area contributed by atoms with Gasteiger partial charge in [0.05, 0.1) is 12.6 Å². The van der Waals surface area contributed by atoms with Crippen LogP contribution < -0.4 is 5.32 Å². The van der Waals surface area contributed by atoms with Crippen molar-refractivity contribution < 1.29 is 27.5 Å². The standard InChI is InChI=1S/C15H22F3N5O3/c1-14(2,3)26-13(25)23-7-5-4-6-9(23)11-20-10(21-22-11)8-19-12(24)15(16,17)18/h9H,4-8H2,1-3H3,(H,19,24)(H,20,21,22). The molecular weight excluding hydrogens is 355 g/mol. The number of aromatic amines is 1. The number of H-pyrrole nitrogens is 1. The lowest BCUT2D eigenvalue weighted by Crippen LogP contribution is -2.42. The van der Waals surface area contributed by atoms with Gasteiger partial charge < -0.3 is 10.1 Å². The third kappa shape index (κ3) is 5.33. The largest absolute Gasteiger partial charge is 0.471 e. The lowest BCUT2D eigenvalue weighted by Gasteiger charge is -2.35. The summed E-state index contributed by atoms with van der Waals surface area (Å²) in [5.74, 6) is -1.69. The maximum Gasteiger partial charge on any atom is 0.471 e. The maximum atomic E-state index is 12.4. The number of aromatic nitrogens is 3. The van der Waals surface area contributed by atoms with E-state index in [-0.39, 0.29) is 11.6 Å². The first kappa shape index (κ1) is 20.0. The number of carbonyl (C=O) groups excluding carboxylic acids is 2. The van der Waals surface area contributed by atoms with E-state index in [1.807, 2.05) is 0 Å². The summed E-state index contributed by atoms with van der Waals surface area (Å²) >= 11 is 0. The van der Waals surface area contributed by atoms with Gasteiger partial charge >= 0.3 is 18.2 Å². The first-order valence-corrected chi connectivity index (χ1v) is 8.23. The molecule has 146 valence electrons. The Balaban J connectivity index is 2.05. The topological polar surface area (TPSA) is 100 Å². The van der Waals surface area contributed by atoms with E-state index < -0.39 is 36.4 Å². The Morgan fingerprint density at radius 2 is 2.00 bits per heavy atom. The van der Waals surface area contributed by atoms with Crippen LogP contribution in [0.4, 0.5) is 18.0 Å². The van der Waals surface area contributed by atoms with Crippen LogP contribution >= 0.6 is 0 Å². The zero-order chi connectivity index (χ0) is 19.5. The van der Waals surface area contributed by atoms with Crippen molar-refractivity contribution >= 4 is 12.0 Å². The highest BCUT2D eigenvalue weighted by Crippen LogP contribution is 2.30. The molecular formula is C15H22F3N5O3. The van der Waals surface area contributed by atoms with Crippen molar-refractivity contribution in [2.24, 2.45) is 0 Å². The second kappa shape index (κ2) is 7.50. The average Bonchev–Trinajstić information content (AvgIpc) is 2.98. The van der Waals surface area contributed by atoms with Gasteiger partial charge in [0.1, 0.15) is 11.4 Å². The van der Waals surface area contributed by atoms with Gasteiger partial charge in [-0.05, 0) is 40.0 Å². The van der Waals surface area contributed by atoms with Crippen molar-refractivity contribution in [3.63, 3.8) is 0 Å². The number of alkyl halides is 3. The molecule has 0 aromatic carbocycles. The number of rotatable bonds is 3. The van der Waals surface area contributed by atoms with Gasteiger partial charge in [0.25, 0.3) is 0 Å². The molecule has 8 nitrogen and oxygen atoms in total. The highest BCUT2D eigenvalue weighted by molar-refractivity contribution is 5.81. The maximum absolute atomic E-state index is 12.4. The van der Waals surface area contributed by atoms with Gasteiger partial charge in [0, 0.05) is 6.54 Å². The molecule has 26 heavy (non-hydrogen) atoms. The summed E-state index contributed by atoms with van der Waals surface area (Å²) < 4.78 is 42.0. The van der Waals surface area contributed by atoms with Crippen molar-refractivity contribution in [1.82, 2.24) is 25.4 Å². The minimum absolute atomic E-state index is 0.0762. The minimum atomic E-state index is -4.96. The van der Waals surface area contributed by atoms with Gasteiger partial charge in [0.2, 0.25) is 0 Å². The molecule has 1 saturated heterocycles. The average molecular weight is 377 g/mol. The number of piperidine rings is 1. The predicted octanol–water partition coefficient (Wildman–Crippen LogP) is 2.45. The van der Waals surface area contributed by atoms with Crippen molar-refractivity contribution in [2.45, 2.75) is 64.4 Å². The Labute approximate surface area is 148 Å². The summed E-state index contributed by atoms with van der Waals surface area (Å²) in [5, 5.41) is 8.20. The summed E-state index contributed by atoms with van der Waals surface area (Å²) in [5.41, 5.74) is -0.648. The summed E-state index contributed by atoms with van der Waals surface area (Å²) in [4.78, 5) is 28.9. The van der Waals surface area contributed by atoms with Crippen LogP contribution in [0.3, 0.4) is 0 Å². The minimum Gasteiger partial charge on any atom is -0.444 e. The van der Waals surface area contributed by atoms with Gasteiger partial charge in [-0.1, -0.05) is 0 Å². The third-order valence-electron chi connectivity index (χ3n) is 3.65. The Bertz CT molecular complexity index is 654. The zero-order valence-corrected chi connectivity index (χ0v) is 14.8. The number of halogens is 3. The molecule has 2 N–H and O–H groups in total. The molecule has 1 aromatic rings. The molecule has 1 aliphatic rings. The Morgan fingerprint density at radius 1 is 1.31 bits per heavy atom. The van der Waals surface area contributed by atoms with E-state index >= 15 is 0 Å². The van der Waals surface area contributed by atoms with Crippen LogP contribution in [-0.4, -0.2) is 50.4 Å². The molecule has 0 spiro atoms. The van der Waals surface area contributed by atoms with Crippen LogP contribution in [0.5, 0.6) is 0 Å². The fraction of sp³-hybridized carbons (Fsp3) is 0.733. The number of likely N-dealkylation sites (tertiary alicyclic amines) is 1. The number of nitrogens with one attached hydrogen (secondary N) is 2. The molecule has 1 unspecified atom stereocenters. The monoisotopic (exact) mass is 377 g/mol. The van der Waals surface area contributed by atoms with Crippen LogP contribution in [0.15, 0.2) is 0 Å². The number of hydrogen-bond donors (Lipinski definition) is 2. The number of ether oxygens (including phenoxy) is 1. The fourth-order valence-electron chi connectivity index (χ4n) is 2.54.